The highest BCUT2D eigenvalue weighted by atomic mass is 16.6. The van der Waals surface area contributed by atoms with Gasteiger partial charge in [-0.05, 0) is 36.8 Å². The first-order valence-electron chi connectivity index (χ1n) is 7.67. The van der Waals surface area contributed by atoms with Crippen molar-refractivity contribution in [2.24, 2.45) is 0 Å². The van der Waals surface area contributed by atoms with Crippen molar-refractivity contribution in [3.05, 3.63) is 63.7 Å². The molecular weight excluding hydrogens is 324 g/mol. The third-order valence-electron chi connectivity index (χ3n) is 3.75. The van der Waals surface area contributed by atoms with Crippen molar-refractivity contribution >= 4 is 23.4 Å². The minimum absolute atomic E-state index is 0.0337. The van der Waals surface area contributed by atoms with Gasteiger partial charge in [-0.1, -0.05) is 12.1 Å². The van der Waals surface area contributed by atoms with E-state index in [4.69, 9.17) is 9.47 Å². The number of nitrogens with zero attached hydrogens (tertiary/aromatic N) is 1. The lowest BCUT2D eigenvalue weighted by Crippen LogP contribution is -2.15. The van der Waals surface area contributed by atoms with Crippen molar-refractivity contribution in [2.75, 3.05) is 18.5 Å². The molecule has 1 aliphatic rings. The number of hydrogen-bond acceptors (Lipinski definition) is 5. The van der Waals surface area contributed by atoms with Gasteiger partial charge in [0.15, 0.2) is 11.5 Å². The molecule has 3 rings (SSSR count). The monoisotopic (exact) mass is 340 g/mol. The fraction of sp³-hybridized carbons (Fsp3) is 0.167. The first kappa shape index (κ1) is 16.5. The van der Waals surface area contributed by atoms with Crippen LogP contribution in [0.15, 0.2) is 42.5 Å². The van der Waals surface area contributed by atoms with Crippen LogP contribution in [0.5, 0.6) is 11.5 Å². The number of rotatable bonds is 4. The molecule has 0 saturated heterocycles. The van der Waals surface area contributed by atoms with Crippen LogP contribution in [0.25, 0.3) is 6.08 Å². The molecule has 25 heavy (non-hydrogen) atoms. The smallest absolute Gasteiger partial charge is 0.274 e. The average molecular weight is 340 g/mol. The largest absolute Gasteiger partial charge is 0.486 e. The molecule has 1 aliphatic heterocycles. The molecule has 2 aromatic rings. The topological polar surface area (TPSA) is 90.7 Å². The Labute approximate surface area is 144 Å². The molecule has 0 spiro atoms. The van der Waals surface area contributed by atoms with E-state index in [1.165, 1.54) is 18.2 Å². The van der Waals surface area contributed by atoms with E-state index in [0.717, 1.165) is 5.56 Å². The van der Waals surface area contributed by atoms with E-state index in [1.807, 2.05) is 6.07 Å². The molecule has 0 atom stereocenters. The molecule has 0 bridgehead atoms. The Balaban J connectivity index is 1.72. The zero-order valence-corrected chi connectivity index (χ0v) is 13.5. The maximum absolute atomic E-state index is 12.1. The highest BCUT2D eigenvalue weighted by Crippen LogP contribution is 2.31. The summed E-state index contributed by atoms with van der Waals surface area (Å²) in [6, 6.07) is 9.95. The number of carbonyl (C=O) groups excluding carboxylic acids is 1. The van der Waals surface area contributed by atoms with E-state index in [-0.39, 0.29) is 11.6 Å². The number of ether oxygens (including phenoxy) is 2. The van der Waals surface area contributed by atoms with Gasteiger partial charge in [0.1, 0.15) is 13.2 Å². The zero-order valence-electron chi connectivity index (χ0n) is 13.5. The number of fused-ring (bicyclic) bond motifs is 1. The number of anilines is 1. The van der Waals surface area contributed by atoms with Crippen molar-refractivity contribution in [3.8, 4) is 11.5 Å². The lowest BCUT2D eigenvalue weighted by molar-refractivity contribution is -0.385. The highest BCUT2D eigenvalue weighted by molar-refractivity contribution is 6.02. The zero-order chi connectivity index (χ0) is 17.8. The molecule has 0 saturated carbocycles. The van der Waals surface area contributed by atoms with Gasteiger partial charge in [0, 0.05) is 12.1 Å². The first-order chi connectivity index (χ1) is 12.0. The second-order valence-electron chi connectivity index (χ2n) is 5.43. The van der Waals surface area contributed by atoms with Crippen LogP contribution >= 0.6 is 0 Å². The van der Waals surface area contributed by atoms with Crippen LogP contribution in [-0.2, 0) is 4.79 Å². The Morgan fingerprint density at radius 2 is 1.96 bits per heavy atom. The summed E-state index contributed by atoms with van der Waals surface area (Å²) < 4.78 is 10.9. The van der Waals surface area contributed by atoms with Crippen LogP contribution in [-0.4, -0.2) is 24.0 Å². The Kier molecular flexibility index (Phi) is 4.65. The number of nitrogens with one attached hydrogen (secondary N) is 1. The molecule has 1 heterocycles. The Bertz CT molecular complexity index is 861. The Morgan fingerprint density at radius 1 is 1.20 bits per heavy atom. The molecule has 0 fully saturated rings. The third kappa shape index (κ3) is 3.77. The van der Waals surface area contributed by atoms with Crippen LogP contribution in [0.2, 0.25) is 0 Å². The Morgan fingerprint density at radius 3 is 2.72 bits per heavy atom. The maximum atomic E-state index is 12.1. The quantitative estimate of drug-likeness (QED) is 0.524. The summed E-state index contributed by atoms with van der Waals surface area (Å²) in [6.07, 6.45) is 3.00. The van der Waals surface area contributed by atoms with E-state index in [1.54, 1.807) is 31.2 Å². The van der Waals surface area contributed by atoms with Crippen molar-refractivity contribution in [2.45, 2.75) is 6.92 Å². The minimum atomic E-state index is -0.476. The van der Waals surface area contributed by atoms with E-state index in [2.05, 4.69) is 5.32 Å². The van der Waals surface area contributed by atoms with Gasteiger partial charge in [0.25, 0.3) is 5.69 Å². The number of nitro benzene ring substituents is 1. The first-order valence-corrected chi connectivity index (χ1v) is 7.67. The van der Waals surface area contributed by atoms with Gasteiger partial charge in [0.2, 0.25) is 5.91 Å². The molecule has 7 heteroatoms. The second-order valence-corrected chi connectivity index (χ2v) is 5.43. The van der Waals surface area contributed by atoms with E-state index in [0.29, 0.717) is 36.0 Å². The standard InChI is InChI=1S/C18H16N2O5/c1-12-14(3-2-4-15(12)20(22)23)19-18(21)8-6-13-5-7-16-17(11-13)25-10-9-24-16/h2-8,11H,9-10H2,1H3,(H,19,21)/b8-6+. The molecule has 0 unspecified atom stereocenters. The van der Waals surface area contributed by atoms with Crippen LogP contribution in [0.4, 0.5) is 11.4 Å². The lowest BCUT2D eigenvalue weighted by Gasteiger charge is -2.18. The molecule has 2 aromatic carbocycles. The van der Waals surface area contributed by atoms with Gasteiger partial charge >= 0.3 is 0 Å². The van der Waals surface area contributed by atoms with Crippen LogP contribution < -0.4 is 14.8 Å². The molecule has 128 valence electrons. The number of benzene rings is 2. The predicted octanol–water partition coefficient (Wildman–Crippen LogP) is 3.33. The van der Waals surface area contributed by atoms with Gasteiger partial charge in [-0.15, -0.1) is 0 Å². The third-order valence-corrected chi connectivity index (χ3v) is 3.75. The molecule has 0 radical (unpaired) electrons. The van der Waals surface area contributed by atoms with Gasteiger partial charge in [-0.25, -0.2) is 0 Å². The predicted molar refractivity (Wildman–Crippen MR) is 92.9 cm³/mol. The fourth-order valence-corrected chi connectivity index (χ4v) is 2.47. The molecule has 1 amide bonds. The number of hydrogen-bond donors (Lipinski definition) is 1. The minimum Gasteiger partial charge on any atom is -0.486 e. The van der Waals surface area contributed by atoms with Crippen LogP contribution in [0.3, 0.4) is 0 Å². The van der Waals surface area contributed by atoms with E-state index >= 15 is 0 Å². The molecular formula is C18H16N2O5. The lowest BCUT2D eigenvalue weighted by atomic mass is 10.1. The SMILES string of the molecule is Cc1c(NC(=O)/C=C/c2ccc3c(c2)OCCO3)cccc1[N+](=O)[O-]. The summed E-state index contributed by atoms with van der Waals surface area (Å²) in [4.78, 5) is 22.6. The Hall–Kier alpha value is -3.35. The van der Waals surface area contributed by atoms with Crippen molar-refractivity contribution in [3.63, 3.8) is 0 Å². The van der Waals surface area contributed by atoms with Gasteiger partial charge in [0.05, 0.1) is 16.2 Å². The summed E-state index contributed by atoms with van der Waals surface area (Å²) >= 11 is 0. The summed E-state index contributed by atoms with van der Waals surface area (Å²) in [6.45, 7) is 2.61. The van der Waals surface area contributed by atoms with Gasteiger partial charge in [-0.2, -0.15) is 0 Å². The van der Waals surface area contributed by atoms with Crippen molar-refractivity contribution in [1.29, 1.82) is 0 Å². The molecule has 0 aromatic heterocycles. The van der Waals surface area contributed by atoms with Crippen molar-refractivity contribution < 1.29 is 19.2 Å². The summed E-state index contributed by atoms with van der Waals surface area (Å²) in [5, 5.41) is 13.6. The molecule has 1 N–H and O–H groups in total. The highest BCUT2D eigenvalue weighted by Gasteiger charge is 2.14. The van der Waals surface area contributed by atoms with E-state index in [9.17, 15) is 14.9 Å². The maximum Gasteiger partial charge on any atom is 0.274 e. The average Bonchev–Trinajstić information content (AvgIpc) is 2.61. The summed E-state index contributed by atoms with van der Waals surface area (Å²) in [5.41, 5.74) is 1.57. The number of nitro groups is 1. The number of amides is 1. The number of carbonyl (C=O) groups is 1. The van der Waals surface area contributed by atoms with Gasteiger partial charge in [-0.3, -0.25) is 14.9 Å². The normalized spacial score (nSPS) is 12.8. The van der Waals surface area contributed by atoms with Crippen LogP contribution in [0, 0.1) is 17.0 Å². The van der Waals surface area contributed by atoms with E-state index < -0.39 is 4.92 Å². The van der Waals surface area contributed by atoms with Gasteiger partial charge < -0.3 is 14.8 Å². The van der Waals surface area contributed by atoms with Crippen LogP contribution in [0.1, 0.15) is 11.1 Å². The molecule has 7 nitrogen and oxygen atoms in total. The molecule has 0 aliphatic carbocycles. The summed E-state index contributed by atoms with van der Waals surface area (Å²) in [5.74, 6) is 0.946. The van der Waals surface area contributed by atoms with Crippen molar-refractivity contribution in [1.82, 2.24) is 0 Å². The summed E-state index contributed by atoms with van der Waals surface area (Å²) in [7, 11) is 0. The fourth-order valence-electron chi connectivity index (χ4n) is 2.47. The second kappa shape index (κ2) is 7.04.